The highest BCUT2D eigenvalue weighted by Gasteiger charge is 2.05. The van der Waals surface area contributed by atoms with Crippen LogP contribution in [0.1, 0.15) is 18.2 Å². The van der Waals surface area contributed by atoms with Crippen molar-refractivity contribution >= 4 is 0 Å². The number of benzene rings is 1. The Kier molecular flexibility index (Phi) is 4.86. The number of rotatable bonds is 6. The molecule has 1 heterocycles. The number of ether oxygens (including phenoxy) is 1. The van der Waals surface area contributed by atoms with Gasteiger partial charge >= 0.3 is 0 Å². The van der Waals surface area contributed by atoms with E-state index in [1.165, 1.54) is 11.9 Å². The van der Waals surface area contributed by atoms with Crippen LogP contribution in [0.3, 0.4) is 0 Å². The summed E-state index contributed by atoms with van der Waals surface area (Å²) in [5.74, 6) is 0.611. The molecule has 4 heteroatoms. The van der Waals surface area contributed by atoms with Crippen LogP contribution in [0.2, 0.25) is 0 Å². The summed E-state index contributed by atoms with van der Waals surface area (Å²) in [4.78, 5) is 8.26. The average Bonchev–Trinajstić information content (AvgIpc) is 2.46. The van der Waals surface area contributed by atoms with Crippen LogP contribution < -0.4 is 10.1 Å². The van der Waals surface area contributed by atoms with E-state index in [0.29, 0.717) is 11.9 Å². The largest absolute Gasteiger partial charge is 0.481 e. The van der Waals surface area contributed by atoms with Gasteiger partial charge in [-0.2, -0.15) is 0 Å². The zero-order chi connectivity index (χ0) is 13.5. The maximum absolute atomic E-state index is 5.09. The van der Waals surface area contributed by atoms with Gasteiger partial charge in [-0.05, 0) is 12.5 Å². The molecule has 0 spiro atoms. The van der Waals surface area contributed by atoms with Crippen molar-refractivity contribution in [3.8, 4) is 5.88 Å². The van der Waals surface area contributed by atoms with Crippen molar-refractivity contribution in [3.05, 3.63) is 54.0 Å². The first-order chi connectivity index (χ1) is 9.28. The van der Waals surface area contributed by atoms with Crippen molar-refractivity contribution in [1.82, 2.24) is 15.3 Å². The normalized spacial score (nSPS) is 12.1. The summed E-state index contributed by atoms with van der Waals surface area (Å²) in [5, 5.41) is 3.48. The molecule has 0 aliphatic rings. The van der Waals surface area contributed by atoms with Gasteiger partial charge in [-0.15, -0.1) is 0 Å². The van der Waals surface area contributed by atoms with Gasteiger partial charge in [-0.1, -0.05) is 30.3 Å². The molecule has 1 aromatic heterocycles. The van der Waals surface area contributed by atoms with Crippen LogP contribution in [0.15, 0.2) is 42.7 Å². The fourth-order valence-electron chi connectivity index (χ4n) is 1.87. The molecular formula is C15H19N3O. The minimum Gasteiger partial charge on any atom is -0.481 e. The van der Waals surface area contributed by atoms with E-state index in [9.17, 15) is 0 Å². The number of hydrogen-bond acceptors (Lipinski definition) is 4. The Labute approximate surface area is 113 Å². The van der Waals surface area contributed by atoms with Crippen molar-refractivity contribution in [1.29, 1.82) is 0 Å². The van der Waals surface area contributed by atoms with Crippen LogP contribution >= 0.6 is 0 Å². The summed E-state index contributed by atoms with van der Waals surface area (Å²) >= 11 is 0. The smallest absolute Gasteiger partial charge is 0.216 e. The third-order valence-electron chi connectivity index (χ3n) is 2.92. The number of nitrogens with one attached hydrogen (secondary N) is 1. The van der Waals surface area contributed by atoms with Gasteiger partial charge in [0.1, 0.15) is 6.33 Å². The van der Waals surface area contributed by atoms with Crippen molar-refractivity contribution < 1.29 is 4.74 Å². The summed E-state index contributed by atoms with van der Waals surface area (Å²) in [6, 6.07) is 12.6. The third-order valence-corrected chi connectivity index (χ3v) is 2.92. The van der Waals surface area contributed by atoms with Crippen LogP contribution in [0.25, 0.3) is 0 Å². The van der Waals surface area contributed by atoms with E-state index in [2.05, 4.69) is 46.5 Å². The number of aromatic nitrogens is 2. The van der Waals surface area contributed by atoms with Gasteiger partial charge in [0.25, 0.3) is 0 Å². The Hall–Kier alpha value is -1.94. The first-order valence-corrected chi connectivity index (χ1v) is 6.40. The van der Waals surface area contributed by atoms with Crippen LogP contribution in [0.4, 0.5) is 0 Å². The van der Waals surface area contributed by atoms with Gasteiger partial charge in [0.15, 0.2) is 0 Å². The molecule has 0 aliphatic heterocycles. The van der Waals surface area contributed by atoms with E-state index >= 15 is 0 Å². The van der Waals surface area contributed by atoms with E-state index in [0.717, 1.165) is 18.7 Å². The predicted octanol–water partition coefficient (Wildman–Crippen LogP) is 2.21. The lowest BCUT2D eigenvalue weighted by Gasteiger charge is -2.13. The standard InChI is InChI=1S/C15H19N3O/c1-12(16-10-13-6-4-3-5-7-13)8-14-9-15(19-2)18-11-17-14/h3-7,9,11-12,16H,8,10H2,1-2H3. The number of nitrogens with zero attached hydrogens (tertiary/aromatic N) is 2. The molecule has 0 fully saturated rings. The van der Waals surface area contributed by atoms with Gasteiger partial charge in [-0.25, -0.2) is 9.97 Å². The molecule has 0 saturated heterocycles. The van der Waals surface area contributed by atoms with Crippen molar-refractivity contribution in [2.75, 3.05) is 7.11 Å². The van der Waals surface area contributed by atoms with Crippen LogP contribution in [-0.2, 0) is 13.0 Å². The summed E-state index contributed by atoms with van der Waals surface area (Å²) < 4.78 is 5.09. The minimum absolute atomic E-state index is 0.347. The fraction of sp³-hybridized carbons (Fsp3) is 0.333. The SMILES string of the molecule is COc1cc(CC(C)NCc2ccccc2)ncn1. The minimum atomic E-state index is 0.347. The van der Waals surface area contributed by atoms with E-state index in [4.69, 9.17) is 4.74 Å². The molecule has 0 amide bonds. The lowest BCUT2D eigenvalue weighted by molar-refractivity contribution is 0.395. The first-order valence-electron chi connectivity index (χ1n) is 6.40. The zero-order valence-electron chi connectivity index (χ0n) is 11.3. The van der Waals surface area contributed by atoms with Gasteiger partial charge in [0.05, 0.1) is 7.11 Å². The Morgan fingerprint density at radius 2 is 2.00 bits per heavy atom. The van der Waals surface area contributed by atoms with E-state index in [1.807, 2.05) is 12.1 Å². The van der Waals surface area contributed by atoms with Gasteiger partial charge < -0.3 is 10.1 Å². The molecule has 0 saturated carbocycles. The average molecular weight is 257 g/mol. The van der Waals surface area contributed by atoms with E-state index in [1.54, 1.807) is 7.11 Å². The second-order valence-corrected chi connectivity index (χ2v) is 4.52. The number of hydrogen-bond donors (Lipinski definition) is 1. The predicted molar refractivity (Wildman–Crippen MR) is 75.0 cm³/mol. The maximum Gasteiger partial charge on any atom is 0.216 e. The molecule has 4 nitrogen and oxygen atoms in total. The molecular weight excluding hydrogens is 238 g/mol. The quantitative estimate of drug-likeness (QED) is 0.862. The lowest BCUT2D eigenvalue weighted by Crippen LogP contribution is -2.27. The molecule has 1 atom stereocenters. The molecule has 0 radical (unpaired) electrons. The number of methoxy groups -OCH3 is 1. The monoisotopic (exact) mass is 257 g/mol. The topological polar surface area (TPSA) is 47.0 Å². The van der Waals surface area contributed by atoms with E-state index in [-0.39, 0.29) is 0 Å². The van der Waals surface area contributed by atoms with Crippen LogP contribution in [-0.4, -0.2) is 23.1 Å². The molecule has 1 N–H and O–H groups in total. The summed E-state index contributed by atoms with van der Waals surface area (Å²) in [5.41, 5.74) is 2.27. The Morgan fingerprint density at radius 3 is 2.74 bits per heavy atom. The van der Waals surface area contributed by atoms with Crippen molar-refractivity contribution in [3.63, 3.8) is 0 Å². The second kappa shape index (κ2) is 6.85. The molecule has 100 valence electrons. The van der Waals surface area contributed by atoms with Gasteiger partial charge in [0, 0.05) is 30.8 Å². The van der Waals surface area contributed by atoms with Crippen LogP contribution in [0.5, 0.6) is 5.88 Å². The Bertz CT molecular complexity index is 502. The molecule has 19 heavy (non-hydrogen) atoms. The van der Waals surface area contributed by atoms with Gasteiger partial charge in [0.2, 0.25) is 5.88 Å². The lowest BCUT2D eigenvalue weighted by atomic mass is 10.1. The highest BCUT2D eigenvalue weighted by molar-refractivity contribution is 5.15. The van der Waals surface area contributed by atoms with Crippen LogP contribution in [0, 0.1) is 0 Å². The summed E-state index contributed by atoms with van der Waals surface area (Å²) in [7, 11) is 1.61. The van der Waals surface area contributed by atoms with E-state index < -0.39 is 0 Å². The van der Waals surface area contributed by atoms with Crippen molar-refractivity contribution in [2.24, 2.45) is 0 Å². The van der Waals surface area contributed by atoms with Crippen molar-refractivity contribution in [2.45, 2.75) is 25.9 Å². The van der Waals surface area contributed by atoms with Gasteiger partial charge in [-0.3, -0.25) is 0 Å². The molecule has 1 unspecified atom stereocenters. The second-order valence-electron chi connectivity index (χ2n) is 4.52. The molecule has 0 aliphatic carbocycles. The fourth-order valence-corrected chi connectivity index (χ4v) is 1.87. The zero-order valence-corrected chi connectivity index (χ0v) is 11.3. The molecule has 2 rings (SSSR count). The maximum atomic E-state index is 5.09. The highest BCUT2D eigenvalue weighted by atomic mass is 16.5. The third kappa shape index (κ3) is 4.34. The Morgan fingerprint density at radius 1 is 1.21 bits per heavy atom. The summed E-state index contributed by atoms with van der Waals surface area (Å²) in [6.07, 6.45) is 2.39. The summed E-state index contributed by atoms with van der Waals surface area (Å²) in [6.45, 7) is 3.02. The molecule has 1 aromatic carbocycles. The Balaban J connectivity index is 1.85. The first kappa shape index (κ1) is 13.5. The molecule has 2 aromatic rings. The molecule has 0 bridgehead atoms. The highest BCUT2D eigenvalue weighted by Crippen LogP contribution is 2.08.